The predicted molar refractivity (Wildman–Crippen MR) is 89.9 cm³/mol. The van der Waals surface area contributed by atoms with Crippen LogP contribution in [0.25, 0.3) is 11.4 Å². The fourth-order valence-electron chi connectivity index (χ4n) is 2.96. The van der Waals surface area contributed by atoms with Crippen LogP contribution < -0.4 is 5.73 Å². The molecule has 0 unspecified atom stereocenters. The standard InChI is InChI=1S/C18H20N4O2/c1-12-7-8-14(16(19)23)11-22(12)18(24)15-9-20-17(21-10-15)13-5-3-2-4-6-13/h2-6,9-10,12,14H,7-8,11H2,1H3,(H2,19,23)/t12-,14-/m1/s1. The number of carbonyl (C=O) groups is 2. The van der Waals surface area contributed by atoms with Gasteiger partial charge in [-0.3, -0.25) is 9.59 Å². The molecule has 0 bridgehead atoms. The quantitative estimate of drug-likeness (QED) is 0.933. The number of rotatable bonds is 3. The van der Waals surface area contributed by atoms with Crippen molar-refractivity contribution in [2.24, 2.45) is 11.7 Å². The smallest absolute Gasteiger partial charge is 0.257 e. The zero-order chi connectivity index (χ0) is 17.1. The van der Waals surface area contributed by atoms with Gasteiger partial charge in [0.15, 0.2) is 5.82 Å². The minimum Gasteiger partial charge on any atom is -0.369 e. The van der Waals surface area contributed by atoms with E-state index in [4.69, 9.17) is 5.73 Å². The highest BCUT2D eigenvalue weighted by Gasteiger charge is 2.32. The molecule has 1 aliphatic heterocycles. The molecule has 1 fully saturated rings. The van der Waals surface area contributed by atoms with Crippen LogP contribution in [0, 0.1) is 5.92 Å². The molecule has 1 aromatic carbocycles. The summed E-state index contributed by atoms with van der Waals surface area (Å²) < 4.78 is 0. The molecule has 0 spiro atoms. The summed E-state index contributed by atoms with van der Waals surface area (Å²) in [5.41, 5.74) is 6.72. The number of nitrogens with two attached hydrogens (primary N) is 1. The monoisotopic (exact) mass is 324 g/mol. The number of hydrogen-bond donors (Lipinski definition) is 1. The van der Waals surface area contributed by atoms with Crippen LogP contribution in [-0.4, -0.2) is 39.3 Å². The van der Waals surface area contributed by atoms with Gasteiger partial charge in [-0.1, -0.05) is 30.3 Å². The van der Waals surface area contributed by atoms with E-state index in [0.717, 1.165) is 18.4 Å². The van der Waals surface area contributed by atoms with Crippen LogP contribution in [0.2, 0.25) is 0 Å². The van der Waals surface area contributed by atoms with E-state index in [1.807, 2.05) is 37.3 Å². The molecule has 2 amide bonds. The van der Waals surface area contributed by atoms with Crippen LogP contribution in [-0.2, 0) is 4.79 Å². The van der Waals surface area contributed by atoms with Gasteiger partial charge in [-0.05, 0) is 19.8 Å². The molecule has 124 valence electrons. The third-order valence-corrected chi connectivity index (χ3v) is 4.48. The van der Waals surface area contributed by atoms with Crippen molar-refractivity contribution in [3.8, 4) is 11.4 Å². The Morgan fingerprint density at radius 2 is 1.79 bits per heavy atom. The minimum atomic E-state index is -0.352. The lowest BCUT2D eigenvalue weighted by atomic mass is 9.92. The molecule has 0 radical (unpaired) electrons. The third kappa shape index (κ3) is 3.27. The molecule has 0 saturated carbocycles. The molecule has 2 aromatic rings. The molecule has 6 nitrogen and oxygen atoms in total. The van der Waals surface area contributed by atoms with E-state index >= 15 is 0 Å². The Hall–Kier alpha value is -2.76. The predicted octanol–water partition coefficient (Wildman–Crippen LogP) is 1.87. The van der Waals surface area contributed by atoms with Crippen molar-refractivity contribution in [2.45, 2.75) is 25.8 Å². The molecule has 1 aromatic heterocycles. The van der Waals surface area contributed by atoms with E-state index in [9.17, 15) is 9.59 Å². The fourth-order valence-corrected chi connectivity index (χ4v) is 2.96. The number of benzene rings is 1. The second-order valence-electron chi connectivity index (χ2n) is 6.14. The molecule has 1 aliphatic rings. The van der Waals surface area contributed by atoms with Gasteiger partial charge in [0.2, 0.25) is 5.91 Å². The normalized spacial score (nSPS) is 20.6. The van der Waals surface area contributed by atoms with Crippen LogP contribution in [0.15, 0.2) is 42.7 Å². The molecule has 2 N–H and O–H groups in total. The number of aromatic nitrogens is 2. The van der Waals surface area contributed by atoms with E-state index in [0.29, 0.717) is 17.9 Å². The minimum absolute atomic E-state index is 0.0712. The first-order valence-electron chi connectivity index (χ1n) is 8.04. The Morgan fingerprint density at radius 1 is 1.12 bits per heavy atom. The molecule has 2 atom stereocenters. The van der Waals surface area contributed by atoms with Gasteiger partial charge in [0.1, 0.15) is 0 Å². The van der Waals surface area contributed by atoms with Gasteiger partial charge < -0.3 is 10.6 Å². The van der Waals surface area contributed by atoms with E-state index in [1.54, 1.807) is 4.90 Å². The van der Waals surface area contributed by atoms with Crippen molar-refractivity contribution in [1.29, 1.82) is 0 Å². The number of piperidine rings is 1. The van der Waals surface area contributed by atoms with Crippen LogP contribution in [0.4, 0.5) is 0 Å². The zero-order valence-electron chi connectivity index (χ0n) is 13.6. The summed E-state index contributed by atoms with van der Waals surface area (Å²) in [5, 5.41) is 0. The number of hydrogen-bond acceptors (Lipinski definition) is 4. The highest BCUT2D eigenvalue weighted by molar-refractivity contribution is 5.94. The lowest BCUT2D eigenvalue weighted by Gasteiger charge is -2.36. The van der Waals surface area contributed by atoms with Gasteiger partial charge in [-0.15, -0.1) is 0 Å². The van der Waals surface area contributed by atoms with Crippen molar-refractivity contribution in [3.63, 3.8) is 0 Å². The Morgan fingerprint density at radius 3 is 2.42 bits per heavy atom. The van der Waals surface area contributed by atoms with Crippen LogP contribution in [0.1, 0.15) is 30.1 Å². The van der Waals surface area contributed by atoms with E-state index in [-0.39, 0.29) is 23.8 Å². The topological polar surface area (TPSA) is 89.2 Å². The number of primary amides is 1. The lowest BCUT2D eigenvalue weighted by Crippen LogP contribution is -2.48. The molecule has 2 heterocycles. The number of carbonyl (C=O) groups excluding carboxylic acids is 2. The SMILES string of the molecule is C[C@@H]1CC[C@@H](C(N)=O)CN1C(=O)c1cnc(-c2ccccc2)nc1. The van der Waals surface area contributed by atoms with Crippen molar-refractivity contribution >= 4 is 11.8 Å². The number of nitrogens with zero attached hydrogens (tertiary/aromatic N) is 3. The summed E-state index contributed by atoms with van der Waals surface area (Å²) in [6.07, 6.45) is 4.57. The summed E-state index contributed by atoms with van der Waals surface area (Å²) >= 11 is 0. The number of likely N-dealkylation sites (tertiary alicyclic amines) is 1. The molecule has 6 heteroatoms. The average Bonchev–Trinajstić information content (AvgIpc) is 2.62. The Bertz CT molecular complexity index is 730. The van der Waals surface area contributed by atoms with Gasteiger partial charge in [0, 0.05) is 30.5 Å². The Kier molecular flexibility index (Phi) is 4.55. The van der Waals surface area contributed by atoms with Crippen molar-refractivity contribution in [3.05, 3.63) is 48.3 Å². The van der Waals surface area contributed by atoms with E-state index in [1.165, 1.54) is 12.4 Å². The summed E-state index contributed by atoms with van der Waals surface area (Å²) in [6.45, 7) is 2.34. The molecule has 3 rings (SSSR count). The molecule has 1 saturated heterocycles. The van der Waals surface area contributed by atoms with Crippen LogP contribution in [0.5, 0.6) is 0 Å². The van der Waals surface area contributed by atoms with Crippen molar-refractivity contribution in [2.75, 3.05) is 6.54 Å². The molecule has 0 aliphatic carbocycles. The first kappa shape index (κ1) is 16.1. The summed E-state index contributed by atoms with van der Waals surface area (Å²) in [5.74, 6) is -0.216. The summed E-state index contributed by atoms with van der Waals surface area (Å²) in [4.78, 5) is 34.4. The Balaban J connectivity index is 1.78. The zero-order valence-corrected chi connectivity index (χ0v) is 13.6. The van der Waals surface area contributed by atoms with Gasteiger partial charge in [-0.25, -0.2) is 9.97 Å². The van der Waals surface area contributed by atoms with Gasteiger partial charge >= 0.3 is 0 Å². The highest BCUT2D eigenvalue weighted by Crippen LogP contribution is 2.23. The first-order chi connectivity index (χ1) is 11.6. The Labute approximate surface area is 140 Å². The largest absolute Gasteiger partial charge is 0.369 e. The maximum Gasteiger partial charge on any atom is 0.257 e. The second kappa shape index (κ2) is 6.78. The highest BCUT2D eigenvalue weighted by atomic mass is 16.2. The maximum atomic E-state index is 12.7. The average molecular weight is 324 g/mol. The number of amides is 2. The summed E-state index contributed by atoms with van der Waals surface area (Å²) in [6, 6.07) is 9.66. The second-order valence-corrected chi connectivity index (χ2v) is 6.14. The molecular formula is C18H20N4O2. The summed E-state index contributed by atoms with van der Waals surface area (Å²) in [7, 11) is 0. The van der Waals surface area contributed by atoms with E-state index < -0.39 is 0 Å². The van der Waals surface area contributed by atoms with Crippen LogP contribution >= 0.6 is 0 Å². The lowest BCUT2D eigenvalue weighted by molar-refractivity contribution is -0.123. The third-order valence-electron chi connectivity index (χ3n) is 4.48. The molecular weight excluding hydrogens is 304 g/mol. The van der Waals surface area contributed by atoms with E-state index in [2.05, 4.69) is 9.97 Å². The van der Waals surface area contributed by atoms with Crippen molar-refractivity contribution in [1.82, 2.24) is 14.9 Å². The van der Waals surface area contributed by atoms with Crippen LogP contribution in [0.3, 0.4) is 0 Å². The molecule has 24 heavy (non-hydrogen) atoms. The fraction of sp³-hybridized carbons (Fsp3) is 0.333. The first-order valence-corrected chi connectivity index (χ1v) is 8.04. The maximum absolute atomic E-state index is 12.7. The van der Waals surface area contributed by atoms with Gasteiger partial charge in [0.25, 0.3) is 5.91 Å². The van der Waals surface area contributed by atoms with Crippen molar-refractivity contribution < 1.29 is 9.59 Å². The van der Waals surface area contributed by atoms with Gasteiger partial charge in [0.05, 0.1) is 11.5 Å². The van der Waals surface area contributed by atoms with Gasteiger partial charge in [-0.2, -0.15) is 0 Å².